The number of halogens is 1. The first-order chi connectivity index (χ1) is 8.08. The number of hydrogen-bond donors (Lipinski definition) is 0. The minimum Gasteiger partial charge on any atom is -0.489 e. The highest BCUT2D eigenvalue weighted by atomic mass is 35.5. The number of non-ortho nitro benzene ring substituents is 1. The third kappa shape index (κ3) is 1.37. The van der Waals surface area contributed by atoms with Gasteiger partial charge in [-0.25, -0.2) is 4.98 Å². The zero-order chi connectivity index (χ0) is 12.2. The van der Waals surface area contributed by atoms with Gasteiger partial charge in [-0.05, 0) is 18.5 Å². The second-order valence-electron chi connectivity index (χ2n) is 3.98. The smallest absolute Gasteiger partial charge is 0.275 e. The predicted octanol–water partition coefficient (Wildman–Crippen LogP) is 2.55. The topological polar surface area (TPSA) is 70.2 Å². The third-order valence-corrected chi connectivity index (χ3v) is 3.09. The molecule has 0 saturated heterocycles. The number of ether oxygens (including phenoxy) is 1. The quantitative estimate of drug-likeness (QED) is 0.578. The number of hydrogen-bond acceptors (Lipinski definition) is 4. The summed E-state index contributed by atoms with van der Waals surface area (Å²) in [6.45, 7) is 2.39. The van der Waals surface area contributed by atoms with E-state index >= 15 is 0 Å². The lowest BCUT2D eigenvalue weighted by Crippen LogP contribution is -2.19. The zero-order valence-corrected chi connectivity index (χ0v) is 9.64. The standard InChI is InChI=1S/C10H8ClN3O3/c1-5-4-17-8-3-6(14(15)16)2-7-9(8)13(5)10(11)12-7/h2-3,5H,4H2,1H3/t5-/m0/s1. The van der Waals surface area contributed by atoms with Crippen molar-refractivity contribution in [2.45, 2.75) is 13.0 Å². The van der Waals surface area contributed by atoms with Gasteiger partial charge in [-0.15, -0.1) is 0 Å². The molecule has 2 aromatic rings. The second kappa shape index (κ2) is 3.33. The van der Waals surface area contributed by atoms with Crippen LogP contribution >= 0.6 is 11.6 Å². The van der Waals surface area contributed by atoms with E-state index in [1.807, 2.05) is 11.5 Å². The summed E-state index contributed by atoms with van der Waals surface area (Å²) in [6, 6.07) is 2.88. The Morgan fingerprint density at radius 2 is 2.41 bits per heavy atom. The predicted molar refractivity (Wildman–Crippen MR) is 61.6 cm³/mol. The van der Waals surface area contributed by atoms with Gasteiger partial charge in [0.25, 0.3) is 5.69 Å². The molecular formula is C10H8ClN3O3. The van der Waals surface area contributed by atoms with Gasteiger partial charge in [0.15, 0.2) is 5.75 Å². The van der Waals surface area contributed by atoms with Crippen LogP contribution in [0.3, 0.4) is 0 Å². The number of nitrogens with zero attached hydrogens (tertiary/aromatic N) is 3. The Bertz CT molecular complexity index is 637. The van der Waals surface area contributed by atoms with Crippen LogP contribution in [0.25, 0.3) is 11.0 Å². The largest absolute Gasteiger partial charge is 0.489 e. The Hall–Kier alpha value is -1.82. The van der Waals surface area contributed by atoms with Gasteiger partial charge in [0.05, 0.1) is 17.0 Å². The van der Waals surface area contributed by atoms with Crippen LogP contribution < -0.4 is 4.74 Å². The molecule has 1 aromatic carbocycles. The van der Waals surface area contributed by atoms with Gasteiger partial charge >= 0.3 is 0 Å². The van der Waals surface area contributed by atoms with E-state index < -0.39 is 4.92 Å². The second-order valence-corrected chi connectivity index (χ2v) is 4.32. The van der Waals surface area contributed by atoms with Crippen LogP contribution in [-0.4, -0.2) is 21.1 Å². The number of benzene rings is 1. The molecule has 1 aromatic heterocycles. The van der Waals surface area contributed by atoms with E-state index in [4.69, 9.17) is 16.3 Å². The van der Waals surface area contributed by atoms with Gasteiger partial charge in [0.1, 0.15) is 17.6 Å². The molecule has 0 bridgehead atoms. The molecule has 0 saturated carbocycles. The Labute approximate surface area is 101 Å². The molecule has 0 radical (unpaired) electrons. The Morgan fingerprint density at radius 1 is 1.65 bits per heavy atom. The maximum absolute atomic E-state index is 10.8. The highest BCUT2D eigenvalue weighted by Crippen LogP contribution is 2.38. The minimum atomic E-state index is -0.468. The summed E-state index contributed by atoms with van der Waals surface area (Å²) < 4.78 is 7.32. The lowest BCUT2D eigenvalue weighted by atomic mass is 10.2. The van der Waals surface area contributed by atoms with Crippen molar-refractivity contribution in [2.75, 3.05) is 6.61 Å². The van der Waals surface area contributed by atoms with Crippen LogP contribution in [0.5, 0.6) is 5.75 Å². The van der Waals surface area contributed by atoms with Crippen molar-refractivity contribution in [3.8, 4) is 5.75 Å². The summed E-state index contributed by atoms with van der Waals surface area (Å²) in [6.07, 6.45) is 0. The molecule has 1 atom stereocenters. The maximum Gasteiger partial charge on any atom is 0.275 e. The number of imidazole rings is 1. The molecule has 0 N–H and O–H groups in total. The monoisotopic (exact) mass is 253 g/mol. The molecule has 88 valence electrons. The summed E-state index contributed by atoms with van der Waals surface area (Å²) in [5.41, 5.74) is 1.17. The number of nitro groups is 1. The normalized spacial score (nSPS) is 18.1. The first kappa shape index (κ1) is 10.3. The lowest BCUT2D eigenvalue weighted by molar-refractivity contribution is -0.384. The van der Waals surface area contributed by atoms with E-state index in [0.29, 0.717) is 23.2 Å². The van der Waals surface area contributed by atoms with Gasteiger partial charge < -0.3 is 9.30 Å². The van der Waals surface area contributed by atoms with Crippen molar-refractivity contribution >= 4 is 28.3 Å². The molecule has 6 nitrogen and oxygen atoms in total. The van der Waals surface area contributed by atoms with Crippen molar-refractivity contribution in [1.82, 2.24) is 9.55 Å². The molecule has 3 rings (SSSR count). The summed E-state index contributed by atoms with van der Waals surface area (Å²) in [5.74, 6) is 0.465. The molecule has 17 heavy (non-hydrogen) atoms. The molecule has 2 heterocycles. The third-order valence-electron chi connectivity index (χ3n) is 2.82. The fraction of sp³-hybridized carbons (Fsp3) is 0.300. The average molecular weight is 254 g/mol. The van der Waals surface area contributed by atoms with E-state index in [1.54, 1.807) is 0 Å². The molecular weight excluding hydrogens is 246 g/mol. The van der Waals surface area contributed by atoms with Crippen LogP contribution in [0.15, 0.2) is 12.1 Å². The molecule has 1 aliphatic rings. The van der Waals surface area contributed by atoms with E-state index in [0.717, 1.165) is 5.52 Å². The summed E-state index contributed by atoms with van der Waals surface area (Å²) in [7, 11) is 0. The van der Waals surface area contributed by atoms with Gasteiger partial charge in [-0.2, -0.15) is 0 Å². The van der Waals surface area contributed by atoms with Crippen LogP contribution in [-0.2, 0) is 0 Å². The first-order valence-electron chi connectivity index (χ1n) is 5.06. The molecule has 1 aliphatic heterocycles. The van der Waals surface area contributed by atoms with Gasteiger partial charge in [-0.1, -0.05) is 0 Å². The molecule has 0 aliphatic carbocycles. The summed E-state index contributed by atoms with van der Waals surface area (Å²) >= 11 is 6.03. The van der Waals surface area contributed by atoms with Gasteiger partial charge in [0, 0.05) is 6.07 Å². The van der Waals surface area contributed by atoms with Crippen LogP contribution in [0.2, 0.25) is 5.28 Å². The lowest BCUT2D eigenvalue weighted by Gasteiger charge is -2.22. The SMILES string of the molecule is C[C@H]1COc2cc([N+](=O)[O-])cc3nc(Cl)n1c23. The highest BCUT2D eigenvalue weighted by molar-refractivity contribution is 6.29. The van der Waals surface area contributed by atoms with Crippen LogP contribution in [0, 0.1) is 10.1 Å². The van der Waals surface area contributed by atoms with Gasteiger partial charge in [-0.3, -0.25) is 10.1 Å². The van der Waals surface area contributed by atoms with Crippen molar-refractivity contribution in [2.24, 2.45) is 0 Å². The van der Waals surface area contributed by atoms with Crippen molar-refractivity contribution < 1.29 is 9.66 Å². The van der Waals surface area contributed by atoms with Crippen LogP contribution in [0.1, 0.15) is 13.0 Å². The molecule has 7 heteroatoms. The van der Waals surface area contributed by atoms with Crippen molar-refractivity contribution in [1.29, 1.82) is 0 Å². The maximum atomic E-state index is 10.8. The molecule has 0 amide bonds. The number of aromatic nitrogens is 2. The Balaban J connectivity index is 2.39. The zero-order valence-electron chi connectivity index (χ0n) is 8.88. The fourth-order valence-electron chi connectivity index (χ4n) is 2.05. The highest BCUT2D eigenvalue weighted by Gasteiger charge is 2.26. The van der Waals surface area contributed by atoms with E-state index in [-0.39, 0.29) is 11.7 Å². The fourth-order valence-corrected chi connectivity index (χ4v) is 2.40. The number of rotatable bonds is 1. The van der Waals surface area contributed by atoms with Crippen LogP contribution in [0.4, 0.5) is 5.69 Å². The molecule has 0 spiro atoms. The first-order valence-corrected chi connectivity index (χ1v) is 5.44. The summed E-state index contributed by atoms with van der Waals surface area (Å²) in [4.78, 5) is 14.4. The molecule has 0 fully saturated rings. The van der Waals surface area contributed by atoms with Gasteiger partial charge in [0.2, 0.25) is 5.28 Å². The minimum absolute atomic E-state index is 0.0385. The molecule has 0 unspecified atom stereocenters. The van der Waals surface area contributed by atoms with Crippen molar-refractivity contribution in [3.05, 3.63) is 27.5 Å². The Kier molecular flexibility index (Phi) is 2.03. The van der Waals surface area contributed by atoms with E-state index in [2.05, 4.69) is 4.98 Å². The summed E-state index contributed by atoms with van der Waals surface area (Å²) in [5, 5.41) is 11.1. The van der Waals surface area contributed by atoms with Crippen molar-refractivity contribution in [3.63, 3.8) is 0 Å². The number of nitro benzene ring substituents is 1. The average Bonchev–Trinajstić information content (AvgIpc) is 2.61. The van der Waals surface area contributed by atoms with E-state index in [9.17, 15) is 10.1 Å². The Morgan fingerprint density at radius 3 is 3.12 bits per heavy atom. The van der Waals surface area contributed by atoms with E-state index in [1.165, 1.54) is 12.1 Å².